The second-order valence-corrected chi connectivity index (χ2v) is 4.82. The Balaban J connectivity index is 2.20. The zero-order valence-corrected chi connectivity index (χ0v) is 11.1. The van der Waals surface area contributed by atoms with E-state index in [0.717, 1.165) is 33.7 Å². The van der Waals surface area contributed by atoms with Crippen LogP contribution in [0.3, 0.4) is 0 Å². The van der Waals surface area contributed by atoms with E-state index in [0.29, 0.717) is 0 Å². The Morgan fingerprint density at radius 1 is 1.11 bits per heavy atom. The molecule has 0 aliphatic carbocycles. The molecule has 3 rings (SSSR count). The summed E-state index contributed by atoms with van der Waals surface area (Å²) in [5, 5.41) is 1.11. The Bertz CT molecular complexity index is 728. The molecule has 3 heteroatoms. The van der Waals surface area contributed by atoms with E-state index in [-0.39, 0.29) is 6.04 Å². The molecule has 1 unspecified atom stereocenters. The fraction of sp³-hybridized carbons (Fsp3) is 0.188. The normalized spacial score (nSPS) is 12.8. The minimum Gasteiger partial charge on any atom is -0.459 e. The van der Waals surface area contributed by atoms with Gasteiger partial charge in [0.15, 0.2) is 0 Å². The van der Waals surface area contributed by atoms with E-state index in [2.05, 4.69) is 17.1 Å². The first-order valence-electron chi connectivity index (χ1n) is 6.37. The van der Waals surface area contributed by atoms with Gasteiger partial charge in [-0.25, -0.2) is 0 Å². The summed E-state index contributed by atoms with van der Waals surface area (Å²) in [5.74, 6) is 1.61. The van der Waals surface area contributed by atoms with Crippen LogP contribution in [-0.2, 0) is 0 Å². The van der Waals surface area contributed by atoms with Gasteiger partial charge in [0.25, 0.3) is 0 Å². The van der Waals surface area contributed by atoms with Crippen molar-refractivity contribution in [3.05, 3.63) is 53.9 Å². The van der Waals surface area contributed by atoms with Crippen LogP contribution < -0.4 is 5.73 Å². The van der Waals surface area contributed by atoms with Crippen LogP contribution in [0, 0.1) is 6.92 Å². The molecule has 0 spiro atoms. The molecule has 2 N–H and O–H groups in total. The van der Waals surface area contributed by atoms with Crippen LogP contribution in [0.1, 0.15) is 24.4 Å². The summed E-state index contributed by atoms with van der Waals surface area (Å²) in [5.41, 5.74) is 8.80. The summed E-state index contributed by atoms with van der Waals surface area (Å²) in [6, 6.07) is 14.0. The third-order valence-corrected chi connectivity index (χ3v) is 3.20. The Kier molecular flexibility index (Phi) is 2.84. The highest BCUT2D eigenvalue weighted by Gasteiger charge is 2.11. The molecule has 2 aromatic heterocycles. The zero-order chi connectivity index (χ0) is 13.4. The molecule has 0 aliphatic rings. The highest BCUT2D eigenvalue weighted by molar-refractivity contribution is 5.92. The molecule has 3 aromatic rings. The van der Waals surface area contributed by atoms with Crippen molar-refractivity contribution >= 4 is 10.9 Å². The average Bonchev–Trinajstić information content (AvgIpc) is 2.87. The van der Waals surface area contributed by atoms with Crippen LogP contribution >= 0.6 is 0 Å². The molecular formula is C16H16N2O. The first-order chi connectivity index (χ1) is 9.15. The first-order valence-corrected chi connectivity index (χ1v) is 6.37. The van der Waals surface area contributed by atoms with E-state index >= 15 is 0 Å². The van der Waals surface area contributed by atoms with E-state index in [1.54, 1.807) is 0 Å². The largest absolute Gasteiger partial charge is 0.459 e. The smallest absolute Gasteiger partial charge is 0.136 e. The van der Waals surface area contributed by atoms with Crippen molar-refractivity contribution in [3.8, 4) is 11.3 Å². The standard InChI is InChI=1S/C16H16N2O/c1-10-6-7-12-4-3-5-13(16(12)18-10)15-9-8-14(19-15)11(2)17/h3-9,11H,17H2,1-2H3. The second kappa shape index (κ2) is 4.52. The monoisotopic (exact) mass is 252 g/mol. The van der Waals surface area contributed by atoms with Gasteiger partial charge in [-0.1, -0.05) is 18.2 Å². The molecule has 1 atom stereocenters. The van der Waals surface area contributed by atoms with Crippen molar-refractivity contribution in [2.45, 2.75) is 19.9 Å². The Morgan fingerprint density at radius 2 is 1.95 bits per heavy atom. The van der Waals surface area contributed by atoms with Crippen LogP contribution in [0.4, 0.5) is 0 Å². The summed E-state index contributed by atoms with van der Waals surface area (Å²) in [4.78, 5) is 4.61. The number of fused-ring (bicyclic) bond motifs is 1. The fourth-order valence-corrected chi connectivity index (χ4v) is 2.19. The lowest BCUT2D eigenvalue weighted by Crippen LogP contribution is -2.02. The van der Waals surface area contributed by atoms with Crippen LogP contribution in [0.5, 0.6) is 0 Å². The molecule has 0 saturated heterocycles. The van der Waals surface area contributed by atoms with Gasteiger partial charge >= 0.3 is 0 Å². The molecule has 0 radical (unpaired) electrons. The number of furan rings is 1. The van der Waals surface area contributed by atoms with Crippen molar-refractivity contribution in [2.75, 3.05) is 0 Å². The molecule has 2 heterocycles. The minimum atomic E-state index is -0.0987. The average molecular weight is 252 g/mol. The van der Waals surface area contributed by atoms with Crippen LogP contribution in [-0.4, -0.2) is 4.98 Å². The summed E-state index contributed by atoms with van der Waals surface area (Å²) in [6.45, 7) is 3.90. The molecule has 0 aliphatic heterocycles. The summed E-state index contributed by atoms with van der Waals surface area (Å²) >= 11 is 0. The van der Waals surface area contributed by atoms with Gasteiger partial charge in [0.05, 0.1) is 11.6 Å². The SMILES string of the molecule is Cc1ccc2cccc(-c3ccc(C(C)N)o3)c2n1. The fourth-order valence-electron chi connectivity index (χ4n) is 2.19. The molecule has 19 heavy (non-hydrogen) atoms. The number of aromatic nitrogens is 1. The number of pyridine rings is 1. The lowest BCUT2D eigenvalue weighted by atomic mass is 10.1. The molecule has 96 valence electrons. The van der Waals surface area contributed by atoms with E-state index in [9.17, 15) is 0 Å². The number of rotatable bonds is 2. The predicted molar refractivity (Wildman–Crippen MR) is 76.8 cm³/mol. The highest BCUT2D eigenvalue weighted by atomic mass is 16.3. The topological polar surface area (TPSA) is 52.0 Å². The number of para-hydroxylation sites is 1. The Hall–Kier alpha value is -2.13. The van der Waals surface area contributed by atoms with Gasteiger partial charge in [-0.15, -0.1) is 0 Å². The van der Waals surface area contributed by atoms with Crippen molar-refractivity contribution in [1.82, 2.24) is 4.98 Å². The third kappa shape index (κ3) is 2.13. The molecule has 0 fully saturated rings. The van der Waals surface area contributed by atoms with Crippen molar-refractivity contribution in [2.24, 2.45) is 5.73 Å². The van der Waals surface area contributed by atoms with Gasteiger partial charge in [0, 0.05) is 16.6 Å². The Morgan fingerprint density at radius 3 is 2.68 bits per heavy atom. The van der Waals surface area contributed by atoms with E-state index < -0.39 is 0 Å². The molecule has 0 amide bonds. The minimum absolute atomic E-state index is 0.0987. The van der Waals surface area contributed by atoms with Crippen molar-refractivity contribution in [1.29, 1.82) is 0 Å². The number of benzene rings is 1. The Labute approximate surface area is 112 Å². The van der Waals surface area contributed by atoms with Gasteiger partial charge in [-0.3, -0.25) is 4.98 Å². The summed E-state index contributed by atoms with van der Waals surface area (Å²) < 4.78 is 5.81. The second-order valence-electron chi connectivity index (χ2n) is 4.82. The van der Waals surface area contributed by atoms with Crippen LogP contribution in [0.2, 0.25) is 0 Å². The third-order valence-electron chi connectivity index (χ3n) is 3.20. The zero-order valence-electron chi connectivity index (χ0n) is 11.1. The number of hydrogen-bond donors (Lipinski definition) is 1. The molecule has 1 aromatic carbocycles. The highest BCUT2D eigenvalue weighted by Crippen LogP contribution is 2.30. The van der Waals surface area contributed by atoms with E-state index in [4.69, 9.17) is 10.2 Å². The maximum Gasteiger partial charge on any atom is 0.136 e. The van der Waals surface area contributed by atoms with Crippen LogP contribution in [0.15, 0.2) is 46.9 Å². The predicted octanol–water partition coefficient (Wildman–Crippen LogP) is 3.82. The van der Waals surface area contributed by atoms with Gasteiger partial charge in [0.1, 0.15) is 11.5 Å². The van der Waals surface area contributed by atoms with Gasteiger partial charge in [0.2, 0.25) is 0 Å². The molecule has 0 bridgehead atoms. The maximum absolute atomic E-state index is 5.83. The lowest BCUT2D eigenvalue weighted by molar-refractivity contribution is 0.491. The number of nitrogens with zero attached hydrogens (tertiary/aromatic N) is 1. The van der Waals surface area contributed by atoms with Crippen molar-refractivity contribution < 1.29 is 4.42 Å². The maximum atomic E-state index is 5.83. The number of hydrogen-bond acceptors (Lipinski definition) is 3. The van der Waals surface area contributed by atoms with Gasteiger partial charge < -0.3 is 10.2 Å². The molecular weight excluding hydrogens is 236 g/mol. The quantitative estimate of drug-likeness (QED) is 0.754. The molecule has 3 nitrogen and oxygen atoms in total. The van der Waals surface area contributed by atoms with Crippen LogP contribution in [0.25, 0.3) is 22.2 Å². The number of aryl methyl sites for hydroxylation is 1. The van der Waals surface area contributed by atoms with Gasteiger partial charge in [-0.05, 0) is 38.1 Å². The van der Waals surface area contributed by atoms with Gasteiger partial charge in [-0.2, -0.15) is 0 Å². The number of nitrogens with two attached hydrogens (primary N) is 1. The summed E-state index contributed by atoms with van der Waals surface area (Å²) in [7, 11) is 0. The van der Waals surface area contributed by atoms with E-state index in [1.807, 2.05) is 44.2 Å². The molecule has 0 saturated carbocycles. The lowest BCUT2D eigenvalue weighted by Gasteiger charge is -2.05. The van der Waals surface area contributed by atoms with Crippen molar-refractivity contribution in [3.63, 3.8) is 0 Å². The first kappa shape index (κ1) is 11.9. The summed E-state index contributed by atoms with van der Waals surface area (Å²) in [6.07, 6.45) is 0. The van der Waals surface area contributed by atoms with E-state index in [1.165, 1.54) is 0 Å².